The van der Waals surface area contributed by atoms with Crippen LogP contribution in [-0.4, -0.2) is 12.2 Å². The first-order valence-corrected chi connectivity index (χ1v) is 6.60. The Morgan fingerprint density at radius 3 is 2.26 bits per heavy atom. The van der Waals surface area contributed by atoms with Crippen LogP contribution in [-0.2, 0) is 6.61 Å². The van der Waals surface area contributed by atoms with Crippen LogP contribution in [0.2, 0.25) is 5.02 Å². The van der Waals surface area contributed by atoms with Crippen molar-refractivity contribution in [2.75, 3.05) is 11.9 Å². The van der Waals surface area contributed by atoms with Crippen molar-refractivity contribution in [3.05, 3.63) is 58.1 Å². The summed E-state index contributed by atoms with van der Waals surface area (Å²) in [6, 6.07) is 11.9. The first-order valence-electron chi connectivity index (χ1n) is 6.22. The zero-order valence-corrected chi connectivity index (χ0v) is 12.2. The molecule has 0 aromatic heterocycles. The van der Waals surface area contributed by atoms with Gasteiger partial charge >= 0.3 is 0 Å². The van der Waals surface area contributed by atoms with Gasteiger partial charge in [-0.25, -0.2) is 0 Å². The number of hydrogen-bond acceptors (Lipinski definition) is 2. The monoisotopic (exact) mass is 275 g/mol. The minimum absolute atomic E-state index is 0.00163. The van der Waals surface area contributed by atoms with Crippen molar-refractivity contribution in [1.29, 1.82) is 0 Å². The summed E-state index contributed by atoms with van der Waals surface area (Å²) in [4.78, 5) is 2.05. The largest absolute Gasteiger partial charge is 0.392 e. The average Bonchev–Trinajstić information content (AvgIpc) is 2.36. The molecule has 0 aliphatic heterocycles. The third-order valence-electron chi connectivity index (χ3n) is 3.17. The highest BCUT2D eigenvalue weighted by Crippen LogP contribution is 2.30. The zero-order chi connectivity index (χ0) is 14.0. The van der Waals surface area contributed by atoms with E-state index in [1.165, 1.54) is 11.1 Å². The summed E-state index contributed by atoms with van der Waals surface area (Å²) >= 11 is 6.06. The van der Waals surface area contributed by atoms with Gasteiger partial charge in [0, 0.05) is 29.0 Å². The van der Waals surface area contributed by atoms with Gasteiger partial charge in [-0.2, -0.15) is 0 Å². The lowest BCUT2D eigenvalue weighted by atomic mass is 10.1. The molecular formula is C16H18ClNO. The standard InChI is InChI=1S/C16H18ClNO/c1-11-6-12(2)8-15(7-11)18(3)16-9-14(17)5-4-13(16)10-19/h4-9,19H,10H2,1-3H3. The van der Waals surface area contributed by atoms with Gasteiger partial charge in [0.2, 0.25) is 0 Å². The van der Waals surface area contributed by atoms with E-state index in [0.29, 0.717) is 5.02 Å². The third-order valence-corrected chi connectivity index (χ3v) is 3.41. The van der Waals surface area contributed by atoms with Gasteiger partial charge in [-0.05, 0) is 49.2 Å². The number of benzene rings is 2. The van der Waals surface area contributed by atoms with Crippen LogP contribution in [0.3, 0.4) is 0 Å². The van der Waals surface area contributed by atoms with E-state index in [2.05, 4.69) is 36.9 Å². The van der Waals surface area contributed by atoms with Crippen molar-refractivity contribution >= 4 is 23.0 Å². The van der Waals surface area contributed by atoms with Gasteiger partial charge < -0.3 is 10.0 Å². The Labute approximate surface area is 119 Å². The molecule has 0 spiro atoms. The number of aliphatic hydroxyl groups excluding tert-OH is 1. The summed E-state index contributed by atoms with van der Waals surface area (Å²) in [7, 11) is 1.99. The second-order valence-electron chi connectivity index (χ2n) is 4.84. The van der Waals surface area contributed by atoms with Crippen molar-refractivity contribution < 1.29 is 5.11 Å². The van der Waals surface area contributed by atoms with Crippen LogP contribution in [0.5, 0.6) is 0 Å². The van der Waals surface area contributed by atoms with Crippen molar-refractivity contribution in [2.45, 2.75) is 20.5 Å². The molecule has 2 rings (SSSR count). The molecule has 2 nitrogen and oxygen atoms in total. The van der Waals surface area contributed by atoms with Gasteiger partial charge in [-0.1, -0.05) is 23.7 Å². The fourth-order valence-corrected chi connectivity index (χ4v) is 2.43. The van der Waals surface area contributed by atoms with E-state index in [1.54, 1.807) is 6.07 Å². The van der Waals surface area contributed by atoms with Gasteiger partial charge in [-0.3, -0.25) is 0 Å². The average molecular weight is 276 g/mol. The summed E-state index contributed by atoms with van der Waals surface area (Å²) < 4.78 is 0. The third kappa shape index (κ3) is 3.09. The fraction of sp³-hybridized carbons (Fsp3) is 0.250. The number of halogens is 1. The molecule has 0 fully saturated rings. The highest BCUT2D eigenvalue weighted by molar-refractivity contribution is 6.30. The number of hydrogen-bond donors (Lipinski definition) is 1. The molecule has 0 aliphatic carbocycles. The van der Waals surface area contributed by atoms with Crippen LogP contribution in [0.4, 0.5) is 11.4 Å². The normalized spacial score (nSPS) is 10.6. The molecule has 0 amide bonds. The van der Waals surface area contributed by atoms with E-state index in [1.807, 2.05) is 19.2 Å². The van der Waals surface area contributed by atoms with Crippen LogP contribution in [0.15, 0.2) is 36.4 Å². The Morgan fingerprint density at radius 2 is 1.68 bits per heavy atom. The Morgan fingerprint density at radius 1 is 1.05 bits per heavy atom. The molecule has 0 unspecified atom stereocenters. The minimum Gasteiger partial charge on any atom is -0.392 e. The molecule has 0 radical (unpaired) electrons. The summed E-state index contributed by atoms with van der Waals surface area (Å²) in [6.45, 7) is 4.16. The van der Waals surface area contributed by atoms with Gasteiger partial charge in [0.25, 0.3) is 0 Å². The minimum atomic E-state index is 0.00163. The molecule has 3 heteroatoms. The molecule has 100 valence electrons. The van der Waals surface area contributed by atoms with Crippen molar-refractivity contribution in [3.8, 4) is 0 Å². The molecule has 0 saturated heterocycles. The smallest absolute Gasteiger partial charge is 0.0702 e. The van der Waals surface area contributed by atoms with Crippen LogP contribution in [0.25, 0.3) is 0 Å². The molecule has 0 aliphatic rings. The van der Waals surface area contributed by atoms with Gasteiger partial charge in [0.1, 0.15) is 0 Å². The maximum Gasteiger partial charge on any atom is 0.0702 e. The highest BCUT2D eigenvalue weighted by atomic mass is 35.5. The van der Waals surface area contributed by atoms with Crippen molar-refractivity contribution in [3.63, 3.8) is 0 Å². The van der Waals surface area contributed by atoms with E-state index in [-0.39, 0.29) is 6.61 Å². The van der Waals surface area contributed by atoms with E-state index < -0.39 is 0 Å². The Balaban J connectivity index is 2.48. The number of rotatable bonds is 3. The van der Waals surface area contributed by atoms with E-state index in [9.17, 15) is 5.11 Å². The SMILES string of the molecule is Cc1cc(C)cc(N(C)c2cc(Cl)ccc2CO)c1. The zero-order valence-electron chi connectivity index (χ0n) is 11.4. The second-order valence-corrected chi connectivity index (χ2v) is 5.27. The van der Waals surface area contributed by atoms with Crippen LogP contribution >= 0.6 is 11.6 Å². The quantitative estimate of drug-likeness (QED) is 0.907. The predicted octanol–water partition coefficient (Wildman–Crippen LogP) is 4.22. The maximum absolute atomic E-state index is 9.44. The van der Waals surface area contributed by atoms with E-state index in [4.69, 9.17) is 11.6 Å². The number of aliphatic hydroxyl groups is 1. The van der Waals surface area contributed by atoms with Gasteiger partial charge in [0.05, 0.1) is 6.61 Å². The molecule has 0 heterocycles. The number of aryl methyl sites for hydroxylation is 2. The van der Waals surface area contributed by atoms with Crippen LogP contribution in [0.1, 0.15) is 16.7 Å². The Bertz CT molecular complexity index is 575. The lowest BCUT2D eigenvalue weighted by molar-refractivity contribution is 0.282. The molecule has 0 bridgehead atoms. The molecule has 2 aromatic rings. The van der Waals surface area contributed by atoms with Crippen molar-refractivity contribution in [2.24, 2.45) is 0 Å². The van der Waals surface area contributed by atoms with E-state index in [0.717, 1.165) is 16.9 Å². The first kappa shape index (κ1) is 13.9. The topological polar surface area (TPSA) is 23.5 Å². The second kappa shape index (κ2) is 5.64. The molecule has 2 aromatic carbocycles. The molecular weight excluding hydrogens is 258 g/mol. The fourth-order valence-electron chi connectivity index (χ4n) is 2.27. The summed E-state index contributed by atoms with van der Waals surface area (Å²) in [5.41, 5.74) is 5.32. The van der Waals surface area contributed by atoms with Gasteiger partial charge in [0.15, 0.2) is 0 Å². The van der Waals surface area contributed by atoms with Crippen molar-refractivity contribution in [1.82, 2.24) is 0 Å². The Hall–Kier alpha value is -1.51. The Kier molecular flexibility index (Phi) is 4.13. The molecule has 0 atom stereocenters. The predicted molar refractivity (Wildman–Crippen MR) is 81.4 cm³/mol. The highest BCUT2D eigenvalue weighted by Gasteiger charge is 2.10. The van der Waals surface area contributed by atoms with E-state index >= 15 is 0 Å². The molecule has 0 saturated carbocycles. The number of nitrogens with zero attached hydrogens (tertiary/aromatic N) is 1. The number of anilines is 2. The first-order chi connectivity index (χ1) is 9.01. The van der Waals surface area contributed by atoms with Crippen LogP contribution < -0.4 is 4.90 Å². The summed E-state index contributed by atoms with van der Waals surface area (Å²) in [5, 5.41) is 10.1. The lowest BCUT2D eigenvalue weighted by Crippen LogP contribution is -2.12. The molecule has 19 heavy (non-hydrogen) atoms. The van der Waals surface area contributed by atoms with Crippen LogP contribution in [0, 0.1) is 13.8 Å². The summed E-state index contributed by atoms with van der Waals surface area (Å²) in [5.74, 6) is 0. The van der Waals surface area contributed by atoms with Gasteiger partial charge in [-0.15, -0.1) is 0 Å². The lowest BCUT2D eigenvalue weighted by Gasteiger charge is -2.23. The maximum atomic E-state index is 9.44. The molecule has 1 N–H and O–H groups in total. The summed E-state index contributed by atoms with van der Waals surface area (Å²) in [6.07, 6.45) is 0.